The molecule has 0 aromatic heterocycles. The van der Waals surface area contributed by atoms with Crippen LogP contribution < -0.4 is 5.32 Å². The number of carbonyl (C=O) groups is 1. The number of benzene rings is 3. The zero-order valence-electron chi connectivity index (χ0n) is 13.4. The lowest BCUT2D eigenvalue weighted by atomic mass is 10.0. The van der Waals surface area contributed by atoms with Crippen LogP contribution in [0.25, 0.3) is 11.6 Å². The summed E-state index contributed by atoms with van der Waals surface area (Å²) in [7, 11) is 0. The molecule has 3 rings (SSSR count). The topological polar surface area (TPSA) is 29.1 Å². The summed E-state index contributed by atoms with van der Waals surface area (Å²) in [6, 6.07) is 29.6. The van der Waals surface area contributed by atoms with E-state index in [1.165, 1.54) is 0 Å². The zero-order chi connectivity index (χ0) is 16.6. The largest absolute Gasteiger partial charge is 0.348 e. The fourth-order valence-electron chi connectivity index (χ4n) is 2.49. The van der Waals surface area contributed by atoms with Gasteiger partial charge in [-0.15, -0.1) is 0 Å². The third-order valence-corrected chi connectivity index (χ3v) is 3.74. The van der Waals surface area contributed by atoms with E-state index in [-0.39, 0.29) is 5.91 Å². The monoisotopic (exact) mass is 313 g/mol. The average Bonchev–Trinajstić information content (AvgIpc) is 2.66. The number of carbonyl (C=O) groups excluding carboxylic acids is 1. The van der Waals surface area contributed by atoms with Gasteiger partial charge in [-0.2, -0.15) is 0 Å². The number of nitrogens with one attached hydrogen (secondary N) is 1. The SMILES string of the molecule is O=C(NCc1ccccc1)/C(=C\c1ccccc1)c1ccccc1. The molecule has 0 atom stereocenters. The van der Waals surface area contributed by atoms with Gasteiger partial charge < -0.3 is 5.32 Å². The van der Waals surface area contributed by atoms with Gasteiger partial charge in [0, 0.05) is 12.1 Å². The van der Waals surface area contributed by atoms with Crippen molar-refractivity contribution >= 4 is 17.6 Å². The second kappa shape index (κ2) is 7.93. The fraction of sp³-hybridized carbons (Fsp3) is 0.0455. The Morgan fingerprint density at radius 2 is 1.29 bits per heavy atom. The van der Waals surface area contributed by atoms with Gasteiger partial charge in [-0.25, -0.2) is 0 Å². The smallest absolute Gasteiger partial charge is 0.252 e. The van der Waals surface area contributed by atoms with Crippen molar-refractivity contribution in [2.45, 2.75) is 6.54 Å². The molecule has 2 heteroatoms. The molecule has 0 heterocycles. The summed E-state index contributed by atoms with van der Waals surface area (Å²) in [5.41, 5.74) is 3.66. The van der Waals surface area contributed by atoms with Gasteiger partial charge in [0.1, 0.15) is 0 Å². The van der Waals surface area contributed by atoms with Crippen LogP contribution in [0.15, 0.2) is 91.0 Å². The van der Waals surface area contributed by atoms with Crippen molar-refractivity contribution < 1.29 is 4.79 Å². The van der Waals surface area contributed by atoms with E-state index in [0.29, 0.717) is 12.1 Å². The minimum Gasteiger partial charge on any atom is -0.348 e. The van der Waals surface area contributed by atoms with Crippen molar-refractivity contribution in [3.05, 3.63) is 108 Å². The van der Waals surface area contributed by atoms with E-state index < -0.39 is 0 Å². The molecule has 2 nitrogen and oxygen atoms in total. The number of rotatable bonds is 5. The second-order valence-corrected chi connectivity index (χ2v) is 5.50. The first-order chi connectivity index (χ1) is 11.8. The first-order valence-electron chi connectivity index (χ1n) is 7.97. The molecule has 0 unspecified atom stereocenters. The molecule has 3 aromatic rings. The summed E-state index contributed by atoms with van der Waals surface area (Å²) >= 11 is 0. The van der Waals surface area contributed by atoms with Crippen LogP contribution in [0, 0.1) is 0 Å². The van der Waals surface area contributed by atoms with E-state index in [2.05, 4.69) is 5.32 Å². The standard InChI is InChI=1S/C22H19NO/c24-22(23-17-19-12-6-2-7-13-19)21(20-14-8-3-9-15-20)16-18-10-4-1-5-11-18/h1-16H,17H2,(H,23,24)/b21-16-. The Morgan fingerprint density at radius 1 is 0.750 bits per heavy atom. The van der Waals surface area contributed by atoms with E-state index in [0.717, 1.165) is 16.7 Å². The van der Waals surface area contributed by atoms with Crippen LogP contribution in [0.3, 0.4) is 0 Å². The summed E-state index contributed by atoms with van der Waals surface area (Å²) in [6.45, 7) is 0.513. The zero-order valence-corrected chi connectivity index (χ0v) is 13.4. The predicted octanol–water partition coefficient (Wildman–Crippen LogP) is 4.54. The van der Waals surface area contributed by atoms with Crippen LogP contribution in [0.2, 0.25) is 0 Å². The maximum Gasteiger partial charge on any atom is 0.252 e. The van der Waals surface area contributed by atoms with Crippen LogP contribution in [-0.4, -0.2) is 5.91 Å². The quantitative estimate of drug-likeness (QED) is 0.543. The maximum absolute atomic E-state index is 12.7. The Morgan fingerprint density at radius 3 is 1.92 bits per heavy atom. The van der Waals surface area contributed by atoms with Crippen LogP contribution in [0.1, 0.15) is 16.7 Å². The Labute approximate surface area is 142 Å². The van der Waals surface area contributed by atoms with Crippen molar-refractivity contribution in [1.82, 2.24) is 5.32 Å². The molecule has 3 aromatic carbocycles. The predicted molar refractivity (Wildman–Crippen MR) is 99.0 cm³/mol. The van der Waals surface area contributed by atoms with Crippen molar-refractivity contribution in [1.29, 1.82) is 0 Å². The minimum absolute atomic E-state index is 0.0751. The van der Waals surface area contributed by atoms with E-state index in [9.17, 15) is 4.79 Å². The molecule has 0 fully saturated rings. The lowest BCUT2D eigenvalue weighted by Crippen LogP contribution is -2.23. The Bertz CT molecular complexity index is 808. The third-order valence-electron chi connectivity index (χ3n) is 3.74. The van der Waals surface area contributed by atoms with Crippen molar-refractivity contribution in [2.24, 2.45) is 0 Å². The average molecular weight is 313 g/mol. The molecule has 0 saturated carbocycles. The Kier molecular flexibility index (Phi) is 5.21. The number of hydrogen-bond donors (Lipinski definition) is 1. The number of amides is 1. The molecule has 0 spiro atoms. The Balaban J connectivity index is 1.84. The molecule has 0 aliphatic rings. The van der Waals surface area contributed by atoms with E-state index >= 15 is 0 Å². The highest BCUT2D eigenvalue weighted by atomic mass is 16.1. The van der Waals surface area contributed by atoms with Gasteiger partial charge in [-0.1, -0.05) is 91.0 Å². The second-order valence-electron chi connectivity index (χ2n) is 5.50. The molecule has 24 heavy (non-hydrogen) atoms. The third kappa shape index (κ3) is 4.20. The molecule has 118 valence electrons. The van der Waals surface area contributed by atoms with Crippen molar-refractivity contribution in [2.75, 3.05) is 0 Å². The molecule has 0 aliphatic carbocycles. The Hall–Kier alpha value is -3.13. The molecule has 1 amide bonds. The summed E-state index contributed by atoms with van der Waals surface area (Å²) in [6.07, 6.45) is 1.93. The number of hydrogen-bond acceptors (Lipinski definition) is 1. The molecule has 0 bridgehead atoms. The minimum atomic E-state index is -0.0751. The highest BCUT2D eigenvalue weighted by Crippen LogP contribution is 2.18. The molecule has 1 N–H and O–H groups in total. The van der Waals surface area contributed by atoms with Gasteiger partial charge in [0.25, 0.3) is 5.91 Å². The van der Waals surface area contributed by atoms with E-state index in [4.69, 9.17) is 0 Å². The first-order valence-corrected chi connectivity index (χ1v) is 7.97. The normalized spacial score (nSPS) is 11.1. The fourth-order valence-corrected chi connectivity index (χ4v) is 2.49. The van der Waals surface area contributed by atoms with Gasteiger partial charge in [0.05, 0.1) is 0 Å². The summed E-state index contributed by atoms with van der Waals surface area (Å²) in [5.74, 6) is -0.0751. The van der Waals surface area contributed by atoms with Gasteiger partial charge in [-0.3, -0.25) is 4.79 Å². The van der Waals surface area contributed by atoms with Crippen molar-refractivity contribution in [3.8, 4) is 0 Å². The van der Waals surface area contributed by atoms with Gasteiger partial charge >= 0.3 is 0 Å². The molecular weight excluding hydrogens is 294 g/mol. The molecular formula is C22H19NO. The van der Waals surface area contributed by atoms with Crippen molar-refractivity contribution in [3.63, 3.8) is 0 Å². The van der Waals surface area contributed by atoms with E-state index in [1.54, 1.807) is 0 Å². The van der Waals surface area contributed by atoms with Crippen LogP contribution in [0.4, 0.5) is 0 Å². The molecule has 0 radical (unpaired) electrons. The highest BCUT2D eigenvalue weighted by molar-refractivity contribution is 6.24. The summed E-state index contributed by atoms with van der Waals surface area (Å²) < 4.78 is 0. The highest BCUT2D eigenvalue weighted by Gasteiger charge is 2.11. The first kappa shape index (κ1) is 15.8. The van der Waals surface area contributed by atoms with Crippen LogP contribution >= 0.6 is 0 Å². The van der Waals surface area contributed by atoms with Gasteiger partial charge in [0.2, 0.25) is 0 Å². The molecule has 0 saturated heterocycles. The van der Waals surface area contributed by atoms with Crippen LogP contribution in [0.5, 0.6) is 0 Å². The van der Waals surface area contributed by atoms with Crippen LogP contribution in [-0.2, 0) is 11.3 Å². The van der Waals surface area contributed by atoms with Gasteiger partial charge in [0.15, 0.2) is 0 Å². The van der Waals surface area contributed by atoms with Gasteiger partial charge in [-0.05, 0) is 22.8 Å². The lowest BCUT2D eigenvalue weighted by molar-refractivity contribution is -0.115. The summed E-state index contributed by atoms with van der Waals surface area (Å²) in [4.78, 5) is 12.7. The summed E-state index contributed by atoms with van der Waals surface area (Å²) in [5, 5.41) is 3.01. The molecule has 0 aliphatic heterocycles. The maximum atomic E-state index is 12.7. The van der Waals surface area contributed by atoms with E-state index in [1.807, 2.05) is 97.1 Å². The lowest BCUT2D eigenvalue weighted by Gasteiger charge is -2.10.